The number of alkyl halides is 3. The highest BCUT2D eigenvalue weighted by Gasteiger charge is 2.32. The second-order valence-corrected chi connectivity index (χ2v) is 4.40. The molecule has 15 heavy (non-hydrogen) atoms. The van der Waals surface area contributed by atoms with Crippen molar-refractivity contribution in [3.8, 4) is 0 Å². The molecule has 5 heteroatoms. The summed E-state index contributed by atoms with van der Waals surface area (Å²) in [6, 6.07) is 4.28. The molecular formula is C10H11BrF3N. The third-order valence-corrected chi connectivity index (χ3v) is 2.53. The summed E-state index contributed by atoms with van der Waals surface area (Å²) in [5, 5.41) is 0. The van der Waals surface area contributed by atoms with E-state index < -0.39 is 11.7 Å². The van der Waals surface area contributed by atoms with Crippen molar-refractivity contribution in [2.75, 3.05) is 14.1 Å². The van der Waals surface area contributed by atoms with E-state index in [9.17, 15) is 13.2 Å². The van der Waals surface area contributed by atoms with Gasteiger partial charge in [0, 0.05) is 11.0 Å². The van der Waals surface area contributed by atoms with Gasteiger partial charge in [-0.3, -0.25) is 0 Å². The van der Waals surface area contributed by atoms with Gasteiger partial charge in [-0.2, -0.15) is 13.2 Å². The molecule has 0 heterocycles. The molecule has 0 saturated carbocycles. The van der Waals surface area contributed by atoms with E-state index in [4.69, 9.17) is 0 Å². The van der Waals surface area contributed by atoms with Crippen LogP contribution >= 0.6 is 15.9 Å². The molecule has 0 aliphatic heterocycles. The second kappa shape index (κ2) is 4.53. The highest BCUT2D eigenvalue weighted by molar-refractivity contribution is 9.10. The molecule has 1 aromatic carbocycles. The van der Waals surface area contributed by atoms with Gasteiger partial charge < -0.3 is 4.90 Å². The smallest absolute Gasteiger partial charge is 0.305 e. The Balaban J connectivity index is 3.06. The molecule has 1 rings (SSSR count). The Bertz CT molecular complexity index is 347. The van der Waals surface area contributed by atoms with Crippen molar-refractivity contribution in [2.24, 2.45) is 0 Å². The minimum absolute atomic E-state index is 0.0810. The molecule has 0 fully saturated rings. The molecule has 0 unspecified atom stereocenters. The number of rotatable bonds is 2. The lowest BCUT2D eigenvalue weighted by molar-refractivity contribution is -0.138. The van der Waals surface area contributed by atoms with Crippen LogP contribution in [0, 0.1) is 0 Å². The van der Waals surface area contributed by atoms with Crippen molar-refractivity contribution >= 4 is 15.9 Å². The summed E-state index contributed by atoms with van der Waals surface area (Å²) >= 11 is 2.90. The average molecular weight is 282 g/mol. The zero-order chi connectivity index (χ0) is 11.6. The zero-order valence-electron chi connectivity index (χ0n) is 8.40. The number of hydrogen-bond acceptors (Lipinski definition) is 1. The number of halogens is 4. The first kappa shape index (κ1) is 12.5. The summed E-state index contributed by atoms with van der Waals surface area (Å²) in [6.07, 6.45) is -4.30. The van der Waals surface area contributed by atoms with Crippen LogP contribution in [0.25, 0.3) is 0 Å². The van der Waals surface area contributed by atoms with E-state index in [1.165, 1.54) is 12.1 Å². The summed E-state index contributed by atoms with van der Waals surface area (Å²) in [5.41, 5.74) is 0.0253. The molecule has 0 bridgehead atoms. The third kappa shape index (κ3) is 3.50. The maximum absolute atomic E-state index is 12.5. The van der Waals surface area contributed by atoms with E-state index in [-0.39, 0.29) is 4.47 Å². The normalized spacial score (nSPS) is 12.2. The van der Waals surface area contributed by atoms with Gasteiger partial charge in [0.2, 0.25) is 0 Å². The number of nitrogens with zero attached hydrogens (tertiary/aromatic N) is 1. The minimum Gasteiger partial charge on any atom is -0.305 e. The topological polar surface area (TPSA) is 3.24 Å². The molecule has 0 spiro atoms. The van der Waals surface area contributed by atoms with E-state index in [2.05, 4.69) is 15.9 Å². The molecule has 0 amide bonds. The van der Waals surface area contributed by atoms with Gasteiger partial charge in [-0.1, -0.05) is 22.0 Å². The standard InChI is InChI=1S/C10H11BrF3N/c1-15(2)6-7-3-4-9(11)8(5-7)10(12,13)14/h3-5H,6H2,1-2H3. The lowest BCUT2D eigenvalue weighted by atomic mass is 10.1. The zero-order valence-corrected chi connectivity index (χ0v) is 9.98. The summed E-state index contributed by atoms with van der Waals surface area (Å²) in [7, 11) is 3.63. The number of benzene rings is 1. The molecule has 1 nitrogen and oxygen atoms in total. The quantitative estimate of drug-likeness (QED) is 0.802. The summed E-state index contributed by atoms with van der Waals surface area (Å²) in [6.45, 7) is 0.496. The molecule has 0 aromatic heterocycles. The van der Waals surface area contributed by atoms with Gasteiger partial charge in [-0.05, 0) is 31.8 Å². The van der Waals surface area contributed by atoms with Crippen LogP contribution < -0.4 is 0 Å². The van der Waals surface area contributed by atoms with Crippen LogP contribution in [0.5, 0.6) is 0 Å². The first-order chi connectivity index (χ1) is 6.80. The fourth-order valence-electron chi connectivity index (χ4n) is 1.25. The summed E-state index contributed by atoms with van der Waals surface area (Å²) < 4.78 is 37.6. The summed E-state index contributed by atoms with van der Waals surface area (Å²) in [4.78, 5) is 1.82. The van der Waals surface area contributed by atoms with Gasteiger partial charge >= 0.3 is 6.18 Å². The molecule has 0 radical (unpaired) electrons. The molecular weight excluding hydrogens is 271 g/mol. The van der Waals surface area contributed by atoms with Crippen LogP contribution in [-0.4, -0.2) is 19.0 Å². The Labute approximate surface area is 95.0 Å². The van der Waals surface area contributed by atoms with Crippen LogP contribution in [0.2, 0.25) is 0 Å². The fourth-order valence-corrected chi connectivity index (χ4v) is 1.72. The SMILES string of the molecule is CN(C)Cc1ccc(Br)c(C(F)(F)F)c1. The van der Waals surface area contributed by atoms with Crippen LogP contribution in [-0.2, 0) is 12.7 Å². The van der Waals surface area contributed by atoms with Crippen molar-refractivity contribution in [2.45, 2.75) is 12.7 Å². The maximum atomic E-state index is 12.5. The molecule has 0 aliphatic rings. The van der Waals surface area contributed by atoms with Crippen LogP contribution in [0.4, 0.5) is 13.2 Å². The van der Waals surface area contributed by atoms with Crippen molar-refractivity contribution in [3.05, 3.63) is 33.8 Å². The lowest BCUT2D eigenvalue weighted by Crippen LogP contribution is -2.12. The highest BCUT2D eigenvalue weighted by atomic mass is 79.9. The Morgan fingerprint density at radius 3 is 2.33 bits per heavy atom. The average Bonchev–Trinajstić information content (AvgIpc) is 2.05. The van der Waals surface area contributed by atoms with Gasteiger partial charge in [0.05, 0.1) is 5.56 Å². The second-order valence-electron chi connectivity index (χ2n) is 3.55. The van der Waals surface area contributed by atoms with Gasteiger partial charge in [0.15, 0.2) is 0 Å². The highest BCUT2D eigenvalue weighted by Crippen LogP contribution is 2.35. The largest absolute Gasteiger partial charge is 0.417 e. The van der Waals surface area contributed by atoms with E-state index in [1.54, 1.807) is 6.07 Å². The van der Waals surface area contributed by atoms with E-state index in [0.29, 0.717) is 12.1 Å². The molecule has 84 valence electrons. The first-order valence-corrected chi connectivity index (χ1v) is 5.10. The fraction of sp³-hybridized carbons (Fsp3) is 0.400. The van der Waals surface area contributed by atoms with Gasteiger partial charge in [-0.25, -0.2) is 0 Å². The van der Waals surface area contributed by atoms with Gasteiger partial charge in [0.1, 0.15) is 0 Å². The van der Waals surface area contributed by atoms with Crippen molar-refractivity contribution in [1.29, 1.82) is 0 Å². The van der Waals surface area contributed by atoms with Crippen LogP contribution in [0.3, 0.4) is 0 Å². The summed E-state index contributed by atoms with van der Waals surface area (Å²) in [5.74, 6) is 0. The Kier molecular flexibility index (Phi) is 3.78. The molecule has 0 N–H and O–H groups in total. The number of hydrogen-bond donors (Lipinski definition) is 0. The van der Waals surface area contributed by atoms with E-state index in [0.717, 1.165) is 0 Å². The van der Waals surface area contributed by atoms with Crippen molar-refractivity contribution in [1.82, 2.24) is 4.90 Å². The van der Waals surface area contributed by atoms with E-state index >= 15 is 0 Å². The Morgan fingerprint density at radius 1 is 1.27 bits per heavy atom. The van der Waals surface area contributed by atoms with Gasteiger partial charge in [0.25, 0.3) is 0 Å². The van der Waals surface area contributed by atoms with E-state index in [1.807, 2.05) is 19.0 Å². The predicted octanol–water partition coefficient (Wildman–Crippen LogP) is 3.53. The first-order valence-electron chi connectivity index (χ1n) is 4.31. The predicted molar refractivity (Wildman–Crippen MR) is 56.5 cm³/mol. The van der Waals surface area contributed by atoms with Crippen LogP contribution in [0.15, 0.2) is 22.7 Å². The lowest BCUT2D eigenvalue weighted by Gasteiger charge is -2.13. The van der Waals surface area contributed by atoms with Gasteiger partial charge in [-0.15, -0.1) is 0 Å². The molecule has 0 saturated heterocycles. The minimum atomic E-state index is -4.30. The third-order valence-electron chi connectivity index (χ3n) is 1.83. The van der Waals surface area contributed by atoms with Crippen molar-refractivity contribution in [3.63, 3.8) is 0 Å². The molecule has 0 aliphatic carbocycles. The van der Waals surface area contributed by atoms with Crippen molar-refractivity contribution < 1.29 is 13.2 Å². The maximum Gasteiger partial charge on any atom is 0.417 e. The molecule has 0 atom stereocenters. The molecule has 1 aromatic rings. The Morgan fingerprint density at radius 2 is 1.87 bits per heavy atom. The Hall–Kier alpha value is -0.550. The van der Waals surface area contributed by atoms with Crippen LogP contribution in [0.1, 0.15) is 11.1 Å². The monoisotopic (exact) mass is 281 g/mol.